The van der Waals surface area contributed by atoms with Gasteiger partial charge in [0.2, 0.25) is 0 Å². The molecule has 6 nitrogen and oxygen atoms in total. The summed E-state index contributed by atoms with van der Waals surface area (Å²) in [5.41, 5.74) is 1.01. The van der Waals surface area contributed by atoms with Gasteiger partial charge in [0.25, 0.3) is 0 Å². The van der Waals surface area contributed by atoms with Gasteiger partial charge in [-0.3, -0.25) is 4.99 Å². The maximum Gasteiger partial charge on any atom is 0.191 e. The van der Waals surface area contributed by atoms with Crippen molar-refractivity contribution in [1.82, 2.24) is 25.4 Å². The Kier molecular flexibility index (Phi) is 6.35. The molecule has 0 aliphatic rings. The van der Waals surface area contributed by atoms with Gasteiger partial charge in [-0.15, -0.1) is 10.2 Å². The van der Waals surface area contributed by atoms with Crippen LogP contribution >= 0.6 is 0 Å². The van der Waals surface area contributed by atoms with Crippen LogP contribution in [0, 0.1) is 5.82 Å². The Hall–Kier alpha value is -2.44. The molecule has 7 heteroatoms. The van der Waals surface area contributed by atoms with Gasteiger partial charge in [-0.25, -0.2) is 4.39 Å². The molecular weight excluding hydrogens is 283 g/mol. The fourth-order valence-corrected chi connectivity index (χ4v) is 1.97. The smallest absolute Gasteiger partial charge is 0.191 e. The summed E-state index contributed by atoms with van der Waals surface area (Å²) in [5.74, 6) is 0.521. The van der Waals surface area contributed by atoms with Crippen LogP contribution in [0.1, 0.15) is 18.4 Å². The topological polar surface area (TPSA) is 67.1 Å². The number of hydrogen-bond acceptors (Lipinski definition) is 3. The zero-order valence-corrected chi connectivity index (χ0v) is 12.7. The lowest BCUT2D eigenvalue weighted by Gasteiger charge is -2.12. The molecule has 0 atom stereocenters. The fraction of sp³-hybridized carbons (Fsp3) is 0.400. The summed E-state index contributed by atoms with van der Waals surface area (Å²) >= 11 is 0. The Balaban J connectivity index is 1.61. The summed E-state index contributed by atoms with van der Waals surface area (Å²) in [6.45, 7) is 2.36. The number of hydrogen-bond donors (Lipinski definition) is 2. The molecule has 0 amide bonds. The maximum absolute atomic E-state index is 12.8. The highest BCUT2D eigenvalue weighted by Crippen LogP contribution is 2.01. The summed E-state index contributed by atoms with van der Waals surface area (Å²) in [6, 6.07) is 6.43. The number of aliphatic imine (C=N–C) groups is 1. The number of nitrogens with one attached hydrogen (secondary N) is 2. The monoisotopic (exact) mass is 304 g/mol. The van der Waals surface area contributed by atoms with Crippen molar-refractivity contribution in [2.75, 3.05) is 13.6 Å². The van der Waals surface area contributed by atoms with Gasteiger partial charge >= 0.3 is 0 Å². The van der Waals surface area contributed by atoms with E-state index in [1.165, 1.54) is 12.1 Å². The van der Waals surface area contributed by atoms with Gasteiger partial charge in [0.15, 0.2) is 5.96 Å². The number of guanidine groups is 1. The van der Waals surface area contributed by atoms with Crippen molar-refractivity contribution in [3.8, 4) is 0 Å². The molecule has 0 saturated carbocycles. The third kappa shape index (κ3) is 5.51. The summed E-state index contributed by atoms with van der Waals surface area (Å²) in [7, 11) is 1.73. The molecule has 2 aromatic rings. The number of nitrogens with zero attached hydrogens (tertiary/aromatic N) is 4. The van der Waals surface area contributed by atoms with Crippen molar-refractivity contribution in [2.24, 2.45) is 4.99 Å². The molecular formula is C15H21FN6. The van der Waals surface area contributed by atoms with Gasteiger partial charge in [-0.1, -0.05) is 12.1 Å². The number of halogens is 1. The standard InChI is InChI=1S/C15H21FN6/c1-17-15(19-10-13-4-6-14(16)7-5-13)18-8-2-3-9-22-11-20-21-12-22/h4-7,11-12H,2-3,8-10H2,1H3,(H2,17,18,19). The molecule has 2 rings (SSSR count). The van der Waals surface area contributed by atoms with E-state index in [1.54, 1.807) is 31.8 Å². The highest BCUT2D eigenvalue weighted by molar-refractivity contribution is 5.79. The molecule has 1 heterocycles. The highest BCUT2D eigenvalue weighted by atomic mass is 19.1. The quantitative estimate of drug-likeness (QED) is 0.463. The third-order valence-electron chi connectivity index (χ3n) is 3.20. The molecule has 22 heavy (non-hydrogen) atoms. The van der Waals surface area contributed by atoms with Gasteiger partial charge in [-0.2, -0.15) is 0 Å². The maximum atomic E-state index is 12.8. The van der Waals surface area contributed by atoms with E-state index in [9.17, 15) is 4.39 Å². The molecule has 0 aliphatic heterocycles. The van der Waals surface area contributed by atoms with Crippen molar-refractivity contribution < 1.29 is 4.39 Å². The Morgan fingerprint density at radius 2 is 1.86 bits per heavy atom. The minimum atomic E-state index is -0.223. The molecule has 1 aromatic heterocycles. The van der Waals surface area contributed by atoms with Gasteiger partial charge < -0.3 is 15.2 Å². The van der Waals surface area contributed by atoms with Crippen LogP contribution in [0.2, 0.25) is 0 Å². The summed E-state index contributed by atoms with van der Waals surface area (Å²) in [5, 5.41) is 14.0. The molecule has 0 radical (unpaired) electrons. The second kappa shape index (κ2) is 8.76. The SMILES string of the molecule is CN=C(NCCCCn1cnnc1)NCc1ccc(F)cc1. The zero-order valence-electron chi connectivity index (χ0n) is 12.7. The highest BCUT2D eigenvalue weighted by Gasteiger charge is 1.99. The minimum Gasteiger partial charge on any atom is -0.356 e. The summed E-state index contributed by atoms with van der Waals surface area (Å²) in [4.78, 5) is 4.16. The molecule has 1 aromatic carbocycles. The van der Waals surface area contributed by atoms with E-state index >= 15 is 0 Å². The molecule has 0 spiro atoms. The number of rotatable bonds is 7. The van der Waals surface area contributed by atoms with E-state index in [2.05, 4.69) is 25.8 Å². The lowest BCUT2D eigenvalue weighted by Crippen LogP contribution is -2.37. The van der Waals surface area contributed by atoms with E-state index < -0.39 is 0 Å². The van der Waals surface area contributed by atoms with E-state index in [-0.39, 0.29) is 5.82 Å². The Labute approximate surface area is 129 Å². The number of unbranched alkanes of at least 4 members (excludes halogenated alkanes) is 1. The molecule has 118 valence electrons. The molecule has 0 bridgehead atoms. The first-order valence-electron chi connectivity index (χ1n) is 7.29. The first kappa shape index (κ1) is 15.9. The molecule has 0 aliphatic carbocycles. The van der Waals surface area contributed by atoms with Crippen molar-refractivity contribution >= 4 is 5.96 Å². The number of benzene rings is 1. The lowest BCUT2D eigenvalue weighted by molar-refractivity contribution is 0.597. The van der Waals surface area contributed by atoms with Crippen LogP contribution in [0.15, 0.2) is 41.9 Å². The molecule has 0 unspecified atom stereocenters. The Bertz CT molecular complexity index is 564. The van der Waals surface area contributed by atoms with Gasteiger partial charge in [0.05, 0.1) is 0 Å². The third-order valence-corrected chi connectivity index (χ3v) is 3.20. The summed E-state index contributed by atoms with van der Waals surface area (Å²) in [6.07, 6.45) is 5.50. The average Bonchev–Trinajstić information content (AvgIpc) is 3.05. The molecule has 0 fully saturated rings. The van der Waals surface area contributed by atoms with Gasteiger partial charge in [0.1, 0.15) is 18.5 Å². The molecule has 0 saturated heterocycles. The summed E-state index contributed by atoms with van der Waals surface area (Å²) < 4.78 is 14.8. The lowest BCUT2D eigenvalue weighted by atomic mass is 10.2. The predicted molar refractivity (Wildman–Crippen MR) is 83.9 cm³/mol. The van der Waals surface area contributed by atoms with E-state index in [0.717, 1.165) is 37.5 Å². The number of aromatic nitrogens is 3. The predicted octanol–water partition coefficient (Wildman–Crippen LogP) is 1.56. The average molecular weight is 304 g/mol. The normalized spacial score (nSPS) is 11.5. The van der Waals surface area contributed by atoms with Crippen molar-refractivity contribution in [3.63, 3.8) is 0 Å². The van der Waals surface area contributed by atoms with Gasteiger partial charge in [-0.05, 0) is 30.5 Å². The van der Waals surface area contributed by atoms with Crippen LogP contribution in [0.25, 0.3) is 0 Å². The van der Waals surface area contributed by atoms with Crippen LogP contribution < -0.4 is 10.6 Å². The Morgan fingerprint density at radius 3 is 2.55 bits per heavy atom. The van der Waals surface area contributed by atoms with E-state index in [4.69, 9.17) is 0 Å². The van der Waals surface area contributed by atoms with E-state index in [1.807, 2.05) is 4.57 Å². The van der Waals surface area contributed by atoms with Crippen LogP contribution in [-0.4, -0.2) is 34.3 Å². The van der Waals surface area contributed by atoms with Crippen molar-refractivity contribution in [2.45, 2.75) is 25.9 Å². The first-order chi connectivity index (χ1) is 10.8. The fourth-order valence-electron chi connectivity index (χ4n) is 1.97. The van der Waals surface area contributed by atoms with Gasteiger partial charge in [0, 0.05) is 26.7 Å². The van der Waals surface area contributed by atoms with Crippen LogP contribution in [-0.2, 0) is 13.1 Å². The van der Waals surface area contributed by atoms with Crippen molar-refractivity contribution in [1.29, 1.82) is 0 Å². The van der Waals surface area contributed by atoms with Crippen molar-refractivity contribution in [3.05, 3.63) is 48.3 Å². The second-order valence-corrected chi connectivity index (χ2v) is 4.89. The van der Waals surface area contributed by atoms with Crippen LogP contribution in [0.5, 0.6) is 0 Å². The van der Waals surface area contributed by atoms with Crippen LogP contribution in [0.4, 0.5) is 4.39 Å². The number of aryl methyl sites for hydroxylation is 1. The Morgan fingerprint density at radius 1 is 1.14 bits per heavy atom. The zero-order chi connectivity index (χ0) is 15.6. The minimum absolute atomic E-state index is 0.223. The second-order valence-electron chi connectivity index (χ2n) is 4.89. The largest absolute Gasteiger partial charge is 0.356 e. The van der Waals surface area contributed by atoms with E-state index in [0.29, 0.717) is 6.54 Å². The molecule has 2 N–H and O–H groups in total. The first-order valence-corrected chi connectivity index (χ1v) is 7.29. The van der Waals surface area contributed by atoms with Crippen LogP contribution in [0.3, 0.4) is 0 Å².